The predicted molar refractivity (Wildman–Crippen MR) is 65.8 cm³/mol. The van der Waals surface area contributed by atoms with E-state index in [1.54, 1.807) is 0 Å². The number of hydrogen-bond donors (Lipinski definition) is 0. The molecule has 1 unspecified atom stereocenters. The van der Waals surface area contributed by atoms with Gasteiger partial charge in [-0.05, 0) is 19.8 Å². The van der Waals surface area contributed by atoms with E-state index < -0.39 is 0 Å². The van der Waals surface area contributed by atoms with E-state index in [1.807, 2.05) is 13.1 Å². The molecule has 16 heavy (non-hydrogen) atoms. The van der Waals surface area contributed by atoms with Crippen LogP contribution in [0.15, 0.2) is 10.6 Å². The quantitative estimate of drug-likeness (QED) is 0.695. The fourth-order valence-corrected chi connectivity index (χ4v) is 2.51. The number of rotatable bonds is 2. The Labute approximate surface area is 102 Å². The van der Waals surface area contributed by atoms with Crippen LogP contribution in [0.25, 0.3) is 0 Å². The van der Waals surface area contributed by atoms with Crippen molar-refractivity contribution in [1.82, 2.24) is 4.98 Å². The highest BCUT2D eigenvalue weighted by atomic mass is 35.5. The van der Waals surface area contributed by atoms with Gasteiger partial charge in [-0.2, -0.15) is 0 Å². The van der Waals surface area contributed by atoms with Crippen molar-refractivity contribution in [2.24, 2.45) is 0 Å². The van der Waals surface area contributed by atoms with Gasteiger partial charge in [-0.3, -0.25) is 0 Å². The van der Waals surface area contributed by atoms with Crippen molar-refractivity contribution in [3.63, 3.8) is 0 Å². The molecule has 1 aromatic rings. The lowest BCUT2D eigenvalue weighted by molar-refractivity contribution is 0.371. The second-order valence-electron chi connectivity index (χ2n) is 4.76. The van der Waals surface area contributed by atoms with E-state index in [0.717, 1.165) is 5.76 Å². The maximum absolute atomic E-state index is 5.96. The minimum Gasteiger partial charge on any atom is -0.444 e. The zero-order valence-corrected chi connectivity index (χ0v) is 10.7. The minimum absolute atomic E-state index is 0.123. The molecule has 3 heteroatoms. The van der Waals surface area contributed by atoms with Gasteiger partial charge >= 0.3 is 0 Å². The second kappa shape index (κ2) is 5.72. The Morgan fingerprint density at radius 2 is 1.88 bits per heavy atom. The summed E-state index contributed by atoms with van der Waals surface area (Å²) in [4.78, 5) is 4.25. The standard InChI is InChI=1S/C13H20ClNO/c1-10(14)13-15-9-12(16-13)11-7-5-3-2-4-6-8-11/h9-11H,2-8H2,1H3. The molecule has 0 N–H and O–H groups in total. The van der Waals surface area contributed by atoms with Crippen LogP contribution in [0.5, 0.6) is 0 Å². The number of oxazole rings is 1. The van der Waals surface area contributed by atoms with Crippen molar-refractivity contribution in [3.05, 3.63) is 17.8 Å². The molecule has 0 aliphatic heterocycles. The van der Waals surface area contributed by atoms with Gasteiger partial charge in [-0.25, -0.2) is 4.98 Å². The molecule has 2 rings (SSSR count). The van der Waals surface area contributed by atoms with E-state index in [0.29, 0.717) is 11.8 Å². The fourth-order valence-electron chi connectivity index (χ4n) is 2.41. The topological polar surface area (TPSA) is 26.0 Å². The van der Waals surface area contributed by atoms with Crippen LogP contribution in [0.2, 0.25) is 0 Å². The largest absolute Gasteiger partial charge is 0.444 e. The van der Waals surface area contributed by atoms with Crippen LogP contribution in [-0.2, 0) is 0 Å². The van der Waals surface area contributed by atoms with Crippen molar-refractivity contribution in [1.29, 1.82) is 0 Å². The molecule has 0 amide bonds. The smallest absolute Gasteiger partial charge is 0.212 e. The Balaban J connectivity index is 2.02. The van der Waals surface area contributed by atoms with Crippen LogP contribution in [0.4, 0.5) is 0 Å². The highest BCUT2D eigenvalue weighted by Gasteiger charge is 2.19. The third-order valence-electron chi connectivity index (χ3n) is 3.39. The molecule has 1 saturated carbocycles. The molecule has 1 aliphatic rings. The van der Waals surface area contributed by atoms with E-state index >= 15 is 0 Å². The van der Waals surface area contributed by atoms with Crippen LogP contribution in [0.3, 0.4) is 0 Å². The van der Waals surface area contributed by atoms with Gasteiger partial charge in [-0.15, -0.1) is 11.6 Å². The van der Waals surface area contributed by atoms with Crippen molar-refractivity contribution >= 4 is 11.6 Å². The van der Waals surface area contributed by atoms with E-state index in [1.165, 1.54) is 44.9 Å². The molecule has 1 aromatic heterocycles. The van der Waals surface area contributed by atoms with Gasteiger partial charge < -0.3 is 4.42 Å². The first-order valence-corrected chi connectivity index (χ1v) is 6.80. The van der Waals surface area contributed by atoms with Crippen LogP contribution >= 0.6 is 11.6 Å². The summed E-state index contributed by atoms with van der Waals surface area (Å²) < 4.78 is 5.74. The molecule has 1 heterocycles. The summed E-state index contributed by atoms with van der Waals surface area (Å²) in [5.41, 5.74) is 0. The molecular formula is C13H20ClNO. The van der Waals surface area contributed by atoms with Crippen molar-refractivity contribution < 1.29 is 4.42 Å². The Kier molecular flexibility index (Phi) is 4.28. The number of nitrogens with zero attached hydrogens (tertiary/aromatic N) is 1. The summed E-state index contributed by atoms with van der Waals surface area (Å²) in [5.74, 6) is 2.28. The van der Waals surface area contributed by atoms with Crippen LogP contribution in [0.1, 0.15) is 74.8 Å². The summed E-state index contributed by atoms with van der Waals surface area (Å²) in [6.45, 7) is 1.90. The normalized spacial score (nSPS) is 21.4. The molecule has 0 radical (unpaired) electrons. The maximum atomic E-state index is 5.96. The van der Waals surface area contributed by atoms with Gasteiger partial charge in [0.2, 0.25) is 5.89 Å². The summed E-state index contributed by atoms with van der Waals surface area (Å²) in [5, 5.41) is -0.123. The number of aromatic nitrogens is 1. The van der Waals surface area contributed by atoms with Crippen molar-refractivity contribution in [3.8, 4) is 0 Å². The Bertz CT molecular complexity index is 313. The molecule has 1 atom stereocenters. The van der Waals surface area contributed by atoms with E-state index in [2.05, 4.69) is 4.98 Å². The Hall–Kier alpha value is -0.500. The molecule has 1 fully saturated rings. The van der Waals surface area contributed by atoms with Crippen LogP contribution in [0, 0.1) is 0 Å². The first-order valence-electron chi connectivity index (χ1n) is 6.37. The van der Waals surface area contributed by atoms with Crippen molar-refractivity contribution in [2.45, 2.75) is 63.2 Å². The lowest BCUT2D eigenvalue weighted by atomic mass is 9.90. The molecule has 90 valence electrons. The summed E-state index contributed by atoms with van der Waals surface area (Å²) in [6.07, 6.45) is 11.1. The molecule has 0 aromatic carbocycles. The molecule has 0 saturated heterocycles. The SMILES string of the molecule is CC(Cl)c1ncc(C2CCCCCCC2)o1. The zero-order valence-electron chi connectivity index (χ0n) is 9.92. The van der Waals surface area contributed by atoms with E-state index in [-0.39, 0.29) is 5.38 Å². The van der Waals surface area contributed by atoms with E-state index in [9.17, 15) is 0 Å². The van der Waals surface area contributed by atoms with Gasteiger partial charge in [0.1, 0.15) is 11.1 Å². The van der Waals surface area contributed by atoms with Gasteiger partial charge in [0.15, 0.2) is 0 Å². The van der Waals surface area contributed by atoms with Crippen molar-refractivity contribution in [2.75, 3.05) is 0 Å². The lowest BCUT2D eigenvalue weighted by Crippen LogP contribution is -2.01. The van der Waals surface area contributed by atoms with Crippen LogP contribution < -0.4 is 0 Å². The first-order chi connectivity index (χ1) is 7.77. The van der Waals surface area contributed by atoms with Gasteiger partial charge in [-0.1, -0.05) is 32.1 Å². The highest BCUT2D eigenvalue weighted by molar-refractivity contribution is 6.20. The lowest BCUT2D eigenvalue weighted by Gasteiger charge is -2.16. The molecular weight excluding hydrogens is 222 g/mol. The molecule has 0 spiro atoms. The first kappa shape index (κ1) is 12.0. The van der Waals surface area contributed by atoms with Gasteiger partial charge in [0, 0.05) is 5.92 Å². The highest BCUT2D eigenvalue weighted by Crippen LogP contribution is 2.32. The molecule has 0 bridgehead atoms. The summed E-state index contributed by atoms with van der Waals surface area (Å²) in [6, 6.07) is 0. The maximum Gasteiger partial charge on any atom is 0.212 e. The average Bonchev–Trinajstić information content (AvgIpc) is 2.66. The summed E-state index contributed by atoms with van der Waals surface area (Å²) in [7, 11) is 0. The van der Waals surface area contributed by atoms with Gasteiger partial charge in [0.25, 0.3) is 0 Å². The molecule has 1 aliphatic carbocycles. The zero-order chi connectivity index (χ0) is 11.4. The third-order valence-corrected chi connectivity index (χ3v) is 3.58. The molecule has 2 nitrogen and oxygen atoms in total. The number of hydrogen-bond acceptors (Lipinski definition) is 2. The predicted octanol–water partition coefficient (Wildman–Crippen LogP) is 4.80. The fraction of sp³-hybridized carbons (Fsp3) is 0.769. The Morgan fingerprint density at radius 1 is 1.25 bits per heavy atom. The number of halogens is 1. The third kappa shape index (κ3) is 3.00. The second-order valence-corrected chi connectivity index (χ2v) is 5.41. The van der Waals surface area contributed by atoms with Gasteiger partial charge in [0.05, 0.1) is 6.20 Å². The average molecular weight is 242 g/mol. The van der Waals surface area contributed by atoms with E-state index in [4.69, 9.17) is 16.0 Å². The number of alkyl halides is 1. The monoisotopic (exact) mass is 241 g/mol. The Morgan fingerprint density at radius 3 is 2.44 bits per heavy atom. The summed E-state index contributed by atoms with van der Waals surface area (Å²) >= 11 is 5.96. The van der Waals surface area contributed by atoms with Crippen LogP contribution in [-0.4, -0.2) is 4.98 Å². The minimum atomic E-state index is -0.123.